The second-order valence-electron chi connectivity index (χ2n) is 3.40. The van der Waals surface area contributed by atoms with Crippen molar-refractivity contribution in [3.05, 3.63) is 0 Å². The molecule has 0 aromatic carbocycles. The molecule has 1 saturated heterocycles. The fraction of sp³-hybridized carbons (Fsp3) is 1.00. The van der Waals surface area contributed by atoms with Crippen molar-refractivity contribution in [2.24, 2.45) is 0 Å². The second kappa shape index (κ2) is 4.56. The van der Waals surface area contributed by atoms with E-state index < -0.39 is 15.9 Å². The molecule has 0 saturated carbocycles. The van der Waals surface area contributed by atoms with Crippen LogP contribution in [0.25, 0.3) is 0 Å². The molecule has 1 aliphatic heterocycles. The quantitative estimate of drug-likeness (QED) is 0.413. The number of nitrogens with one attached hydrogen (secondary N) is 2. The van der Waals surface area contributed by atoms with Crippen LogP contribution < -0.4 is 22.8 Å². The average molecular weight is 231 g/mol. The summed E-state index contributed by atoms with van der Waals surface area (Å²) in [5, 5.41) is 10.2. The van der Waals surface area contributed by atoms with E-state index in [0.29, 0.717) is 0 Å². The lowest BCUT2D eigenvalue weighted by molar-refractivity contribution is -0.909. The van der Waals surface area contributed by atoms with Crippen LogP contribution >= 0.6 is 0 Å². The highest BCUT2D eigenvalue weighted by atomic mass is 35.5. The van der Waals surface area contributed by atoms with Gasteiger partial charge in [0.2, 0.25) is 0 Å². The molecule has 3 N–H and O–H groups in total. The zero-order valence-electron chi connectivity index (χ0n) is 7.62. The minimum atomic E-state index is -3.02. The standard InChI is InChI=1S/C6H14N2O3S.ClH/c1-8(2)7-5-3-12(10,11)4-6(5)9;/h5-7,9H,3-4H2,1-2H3;1H. The van der Waals surface area contributed by atoms with Crippen molar-refractivity contribution in [1.82, 2.24) is 5.43 Å². The molecule has 5 nitrogen and oxygen atoms in total. The van der Waals surface area contributed by atoms with E-state index in [4.69, 9.17) is 0 Å². The minimum Gasteiger partial charge on any atom is -1.00 e. The number of quaternary nitrogens is 1. The fourth-order valence-corrected chi connectivity index (χ4v) is 3.08. The maximum Gasteiger partial charge on any atom is 0.154 e. The van der Waals surface area contributed by atoms with Gasteiger partial charge < -0.3 is 17.5 Å². The summed E-state index contributed by atoms with van der Waals surface area (Å²) in [5.74, 6) is -0.0721. The van der Waals surface area contributed by atoms with E-state index in [0.717, 1.165) is 5.01 Å². The van der Waals surface area contributed by atoms with Gasteiger partial charge >= 0.3 is 0 Å². The summed E-state index contributed by atoms with van der Waals surface area (Å²) in [6.45, 7) is 0. The average Bonchev–Trinajstić information content (AvgIpc) is 2.03. The third-order valence-corrected chi connectivity index (χ3v) is 3.51. The summed E-state index contributed by atoms with van der Waals surface area (Å²) in [6, 6.07) is -0.319. The molecule has 1 heterocycles. The normalized spacial score (nSPS) is 31.7. The molecule has 0 bridgehead atoms. The van der Waals surface area contributed by atoms with Crippen LogP contribution in [0.4, 0.5) is 0 Å². The first-order valence-electron chi connectivity index (χ1n) is 3.86. The first kappa shape index (κ1) is 13.1. The highest BCUT2D eigenvalue weighted by Gasteiger charge is 2.37. The molecule has 0 aliphatic carbocycles. The molecule has 1 rings (SSSR count). The van der Waals surface area contributed by atoms with Crippen molar-refractivity contribution in [2.75, 3.05) is 25.6 Å². The summed E-state index contributed by atoms with van der Waals surface area (Å²) < 4.78 is 22.0. The Balaban J connectivity index is 0.00000144. The van der Waals surface area contributed by atoms with Crippen LogP contribution in [0.3, 0.4) is 0 Å². The van der Waals surface area contributed by atoms with Gasteiger partial charge in [-0.05, 0) is 0 Å². The third-order valence-electron chi connectivity index (χ3n) is 1.80. The van der Waals surface area contributed by atoms with Crippen molar-refractivity contribution in [3.63, 3.8) is 0 Å². The Morgan fingerprint density at radius 2 is 1.92 bits per heavy atom. The molecular weight excluding hydrogens is 216 g/mol. The predicted molar refractivity (Wildman–Crippen MR) is 44.4 cm³/mol. The molecule has 0 aromatic heterocycles. The Hall–Kier alpha value is 0.120. The Bertz CT molecular complexity index is 255. The zero-order valence-corrected chi connectivity index (χ0v) is 9.19. The molecule has 1 aliphatic rings. The van der Waals surface area contributed by atoms with Crippen LogP contribution in [-0.4, -0.2) is 51.3 Å². The number of hydrogen-bond donors (Lipinski definition) is 3. The van der Waals surface area contributed by atoms with E-state index in [1.165, 1.54) is 0 Å². The maximum absolute atomic E-state index is 11.0. The van der Waals surface area contributed by atoms with Gasteiger partial charge in [-0.25, -0.2) is 8.42 Å². The van der Waals surface area contributed by atoms with Gasteiger partial charge in [-0.3, -0.25) is 5.01 Å². The van der Waals surface area contributed by atoms with Crippen LogP contribution in [0.5, 0.6) is 0 Å². The second-order valence-corrected chi connectivity index (χ2v) is 5.55. The zero-order chi connectivity index (χ0) is 9.35. The van der Waals surface area contributed by atoms with Gasteiger partial charge in [0.1, 0.15) is 0 Å². The maximum atomic E-state index is 11.0. The van der Waals surface area contributed by atoms with Gasteiger partial charge in [0.15, 0.2) is 9.84 Å². The van der Waals surface area contributed by atoms with E-state index in [2.05, 4.69) is 5.43 Å². The minimum absolute atomic E-state index is 0. The molecule has 0 amide bonds. The van der Waals surface area contributed by atoms with Gasteiger partial charge in [0, 0.05) is 0 Å². The van der Waals surface area contributed by atoms with Gasteiger partial charge in [-0.15, -0.1) is 0 Å². The lowest BCUT2D eigenvalue weighted by Crippen LogP contribution is -3.14. The van der Waals surface area contributed by atoms with Crippen molar-refractivity contribution in [2.45, 2.75) is 12.1 Å². The first-order chi connectivity index (χ1) is 5.41. The highest BCUT2D eigenvalue weighted by Crippen LogP contribution is 2.10. The Labute approximate surface area is 84.4 Å². The van der Waals surface area contributed by atoms with Gasteiger partial charge in [-0.2, -0.15) is 5.43 Å². The van der Waals surface area contributed by atoms with Gasteiger partial charge in [0.25, 0.3) is 0 Å². The summed E-state index contributed by atoms with van der Waals surface area (Å²) in [4.78, 5) is 0. The van der Waals surface area contributed by atoms with Crippen molar-refractivity contribution in [1.29, 1.82) is 0 Å². The van der Waals surface area contributed by atoms with Crippen LogP contribution in [0, 0.1) is 0 Å². The van der Waals surface area contributed by atoms with E-state index >= 15 is 0 Å². The number of sulfone groups is 1. The van der Waals surface area contributed by atoms with Crippen LogP contribution in [0.1, 0.15) is 0 Å². The molecule has 0 aromatic rings. The molecule has 1 fully saturated rings. The summed E-state index contributed by atoms with van der Waals surface area (Å²) >= 11 is 0. The fourth-order valence-electron chi connectivity index (χ4n) is 1.34. The lowest BCUT2D eigenvalue weighted by Gasteiger charge is -2.16. The van der Waals surface area contributed by atoms with E-state index in [1.54, 1.807) is 0 Å². The molecule has 0 radical (unpaired) electrons. The highest BCUT2D eigenvalue weighted by molar-refractivity contribution is 7.91. The predicted octanol–water partition coefficient (Wildman–Crippen LogP) is -6.20. The third kappa shape index (κ3) is 3.78. The van der Waals surface area contributed by atoms with Gasteiger partial charge in [-0.1, -0.05) is 0 Å². The Morgan fingerprint density at radius 3 is 2.23 bits per heavy atom. The Kier molecular flexibility index (Phi) is 4.61. The molecule has 7 heteroatoms. The largest absolute Gasteiger partial charge is 1.00 e. The SMILES string of the molecule is C[NH+](C)NC1CS(=O)(=O)CC1O.[Cl-]. The molecule has 2 atom stereocenters. The van der Waals surface area contributed by atoms with Crippen LogP contribution in [0.15, 0.2) is 0 Å². The summed E-state index contributed by atoms with van der Waals surface area (Å²) in [5.41, 5.74) is 2.93. The Morgan fingerprint density at radius 1 is 1.38 bits per heavy atom. The summed E-state index contributed by atoms with van der Waals surface area (Å²) in [6.07, 6.45) is -0.759. The smallest absolute Gasteiger partial charge is 0.154 e. The molecule has 0 spiro atoms. The van der Waals surface area contributed by atoms with Crippen molar-refractivity contribution < 1.29 is 30.9 Å². The lowest BCUT2D eigenvalue weighted by atomic mass is 10.2. The van der Waals surface area contributed by atoms with Crippen molar-refractivity contribution >= 4 is 9.84 Å². The molecule has 2 unspecified atom stereocenters. The number of hydrogen-bond acceptors (Lipinski definition) is 4. The van der Waals surface area contributed by atoms with E-state index in [1.807, 2.05) is 14.1 Å². The van der Waals surface area contributed by atoms with Crippen molar-refractivity contribution in [3.8, 4) is 0 Å². The monoisotopic (exact) mass is 230 g/mol. The topological polar surface area (TPSA) is 70.8 Å². The number of rotatable bonds is 2. The first-order valence-corrected chi connectivity index (χ1v) is 5.68. The van der Waals surface area contributed by atoms with Crippen LogP contribution in [0.2, 0.25) is 0 Å². The van der Waals surface area contributed by atoms with E-state index in [-0.39, 0.29) is 30.0 Å². The number of aliphatic hydroxyl groups excluding tert-OH is 1. The van der Waals surface area contributed by atoms with Crippen LogP contribution in [-0.2, 0) is 9.84 Å². The number of aliphatic hydroxyl groups is 1. The molecular formula is C6H15ClN2O3S. The van der Waals surface area contributed by atoms with E-state index in [9.17, 15) is 13.5 Å². The molecule has 13 heavy (non-hydrogen) atoms. The number of halogens is 1. The molecule has 80 valence electrons. The van der Waals surface area contributed by atoms with Gasteiger partial charge in [0.05, 0.1) is 37.7 Å². The summed E-state index contributed by atoms with van der Waals surface area (Å²) in [7, 11) is 0.674.